The predicted octanol–water partition coefficient (Wildman–Crippen LogP) is 0.305. The van der Waals surface area contributed by atoms with Crippen molar-refractivity contribution in [3.8, 4) is 0 Å². The average Bonchev–Trinajstić information content (AvgIpc) is 2.17. The minimum absolute atomic E-state index is 0.323. The smallest absolute Gasteiger partial charge is 0.310 e. The number of nitrogens with one attached hydrogen (secondary N) is 1. The fraction of sp³-hybridized carbons (Fsp3) is 0.429. The molecular formula is C7H9N3O5. The largest absolute Gasteiger partial charge is 0.327 e. The molecule has 1 rings (SSSR count). The third-order valence-electron chi connectivity index (χ3n) is 2.41. The SMILES string of the molecule is CC1C([N+](=O)[O-])=CC=CC1(NO)[N+](=O)[O-]. The first-order valence-corrected chi connectivity index (χ1v) is 4.05. The number of nitrogens with zero attached hydrogens (tertiary/aromatic N) is 2. The molecule has 0 aliphatic heterocycles. The Labute approximate surface area is 84.1 Å². The lowest BCUT2D eigenvalue weighted by Crippen LogP contribution is -2.55. The molecule has 0 aromatic carbocycles. The van der Waals surface area contributed by atoms with Crippen LogP contribution in [0.25, 0.3) is 0 Å². The maximum absolute atomic E-state index is 10.8. The third kappa shape index (κ3) is 1.60. The molecule has 2 atom stereocenters. The summed E-state index contributed by atoms with van der Waals surface area (Å²) in [6.07, 6.45) is 3.42. The van der Waals surface area contributed by atoms with Crippen LogP contribution < -0.4 is 5.48 Å². The Balaban J connectivity index is 3.18. The van der Waals surface area contributed by atoms with E-state index in [2.05, 4.69) is 0 Å². The Bertz CT molecular complexity index is 364. The second kappa shape index (κ2) is 3.75. The van der Waals surface area contributed by atoms with E-state index in [4.69, 9.17) is 5.21 Å². The minimum Gasteiger partial charge on any atom is -0.310 e. The van der Waals surface area contributed by atoms with E-state index in [1.807, 2.05) is 0 Å². The zero-order valence-electron chi connectivity index (χ0n) is 7.78. The summed E-state index contributed by atoms with van der Waals surface area (Å²) in [7, 11) is 0. The van der Waals surface area contributed by atoms with Crippen molar-refractivity contribution < 1.29 is 15.1 Å². The van der Waals surface area contributed by atoms with Gasteiger partial charge in [0, 0.05) is 17.1 Å². The molecule has 0 saturated heterocycles. The molecule has 0 fully saturated rings. The van der Waals surface area contributed by atoms with Gasteiger partial charge in [-0.15, -0.1) is 5.48 Å². The van der Waals surface area contributed by atoms with E-state index in [1.54, 1.807) is 0 Å². The normalized spacial score (nSPS) is 29.7. The molecule has 0 spiro atoms. The Morgan fingerprint density at radius 3 is 2.53 bits per heavy atom. The van der Waals surface area contributed by atoms with Gasteiger partial charge in [0.1, 0.15) is 5.92 Å². The lowest BCUT2D eigenvalue weighted by molar-refractivity contribution is -0.590. The molecule has 0 radical (unpaired) electrons. The van der Waals surface area contributed by atoms with E-state index in [0.29, 0.717) is 0 Å². The molecule has 2 N–H and O–H groups in total. The first-order valence-electron chi connectivity index (χ1n) is 4.05. The molecule has 1 aliphatic carbocycles. The van der Waals surface area contributed by atoms with Gasteiger partial charge in [0.05, 0.1) is 4.92 Å². The Morgan fingerprint density at radius 1 is 1.53 bits per heavy atom. The van der Waals surface area contributed by atoms with E-state index >= 15 is 0 Å². The number of hydroxylamine groups is 1. The zero-order chi connectivity index (χ0) is 11.6. The van der Waals surface area contributed by atoms with Gasteiger partial charge in [0.25, 0.3) is 5.70 Å². The molecule has 0 aromatic heterocycles. The lowest BCUT2D eigenvalue weighted by atomic mass is 9.88. The summed E-state index contributed by atoms with van der Waals surface area (Å²) < 4.78 is 0. The van der Waals surface area contributed by atoms with Crippen LogP contribution in [0.5, 0.6) is 0 Å². The van der Waals surface area contributed by atoms with Crippen molar-refractivity contribution in [3.63, 3.8) is 0 Å². The van der Waals surface area contributed by atoms with Crippen LogP contribution in [0.3, 0.4) is 0 Å². The Morgan fingerprint density at radius 2 is 2.13 bits per heavy atom. The van der Waals surface area contributed by atoms with Crippen LogP contribution in [0.4, 0.5) is 0 Å². The van der Waals surface area contributed by atoms with E-state index < -0.39 is 21.4 Å². The maximum Gasteiger partial charge on any atom is 0.327 e. The standard InChI is InChI=1S/C7H9N3O5/c1-5-6(9(12)13)3-2-4-7(5,8-11)10(14)15/h2-5,8,11H,1H3. The van der Waals surface area contributed by atoms with Crippen molar-refractivity contribution in [2.75, 3.05) is 0 Å². The highest BCUT2D eigenvalue weighted by molar-refractivity contribution is 5.23. The molecule has 0 amide bonds. The monoisotopic (exact) mass is 215 g/mol. The Hall–Kier alpha value is -1.80. The van der Waals surface area contributed by atoms with Crippen LogP contribution >= 0.6 is 0 Å². The molecule has 0 saturated carbocycles. The third-order valence-corrected chi connectivity index (χ3v) is 2.41. The number of nitro groups is 2. The van der Waals surface area contributed by atoms with Crippen LogP contribution in [-0.4, -0.2) is 20.7 Å². The molecule has 15 heavy (non-hydrogen) atoms. The summed E-state index contributed by atoms with van der Waals surface area (Å²) >= 11 is 0. The minimum atomic E-state index is -2.03. The van der Waals surface area contributed by atoms with Gasteiger partial charge in [0.15, 0.2) is 0 Å². The molecule has 1 aliphatic rings. The second-order valence-corrected chi connectivity index (χ2v) is 3.12. The van der Waals surface area contributed by atoms with Crippen molar-refractivity contribution in [3.05, 3.63) is 44.2 Å². The van der Waals surface area contributed by atoms with Gasteiger partial charge in [-0.3, -0.25) is 20.2 Å². The van der Waals surface area contributed by atoms with Crippen molar-refractivity contribution in [1.29, 1.82) is 0 Å². The number of allylic oxidation sites excluding steroid dienone is 2. The molecular weight excluding hydrogens is 206 g/mol. The van der Waals surface area contributed by atoms with Crippen LogP contribution in [0.15, 0.2) is 23.9 Å². The van der Waals surface area contributed by atoms with Crippen LogP contribution in [0, 0.1) is 26.1 Å². The van der Waals surface area contributed by atoms with E-state index in [0.717, 1.165) is 6.08 Å². The molecule has 82 valence electrons. The molecule has 2 unspecified atom stereocenters. The summed E-state index contributed by atoms with van der Waals surface area (Å²) in [5.74, 6) is -1.07. The van der Waals surface area contributed by atoms with Gasteiger partial charge >= 0.3 is 5.66 Å². The van der Waals surface area contributed by atoms with Crippen LogP contribution in [-0.2, 0) is 0 Å². The first-order chi connectivity index (χ1) is 6.95. The average molecular weight is 215 g/mol. The number of hydrogen-bond donors (Lipinski definition) is 2. The van der Waals surface area contributed by atoms with E-state index in [-0.39, 0.29) is 5.70 Å². The van der Waals surface area contributed by atoms with Crippen molar-refractivity contribution >= 4 is 0 Å². The number of rotatable bonds is 3. The topological polar surface area (TPSA) is 119 Å². The summed E-state index contributed by atoms with van der Waals surface area (Å²) in [4.78, 5) is 19.8. The van der Waals surface area contributed by atoms with Crippen molar-refractivity contribution in [1.82, 2.24) is 5.48 Å². The van der Waals surface area contributed by atoms with E-state index in [1.165, 1.54) is 24.6 Å². The highest BCUT2D eigenvalue weighted by atomic mass is 16.6. The fourth-order valence-electron chi connectivity index (χ4n) is 1.42. The van der Waals surface area contributed by atoms with Crippen molar-refractivity contribution in [2.45, 2.75) is 12.6 Å². The predicted molar refractivity (Wildman–Crippen MR) is 48.0 cm³/mol. The summed E-state index contributed by atoms with van der Waals surface area (Å²) in [6.45, 7) is 1.30. The summed E-state index contributed by atoms with van der Waals surface area (Å²) in [5, 5.41) is 30.1. The number of hydrogen-bond acceptors (Lipinski definition) is 6. The quantitative estimate of drug-likeness (QED) is 0.397. The van der Waals surface area contributed by atoms with Gasteiger partial charge < -0.3 is 5.21 Å². The van der Waals surface area contributed by atoms with Gasteiger partial charge in [-0.2, -0.15) is 0 Å². The van der Waals surface area contributed by atoms with Crippen molar-refractivity contribution in [2.24, 2.45) is 5.92 Å². The molecule has 0 heterocycles. The highest BCUT2D eigenvalue weighted by Gasteiger charge is 2.52. The molecule has 0 aromatic rings. The summed E-state index contributed by atoms with van der Waals surface area (Å²) in [6, 6.07) is 0. The first kappa shape index (κ1) is 11.3. The van der Waals surface area contributed by atoms with Crippen LogP contribution in [0.2, 0.25) is 0 Å². The lowest BCUT2D eigenvalue weighted by Gasteiger charge is -2.26. The van der Waals surface area contributed by atoms with Gasteiger partial charge in [-0.1, -0.05) is 6.08 Å². The fourth-order valence-corrected chi connectivity index (χ4v) is 1.42. The molecule has 8 nitrogen and oxygen atoms in total. The second-order valence-electron chi connectivity index (χ2n) is 3.12. The molecule has 0 bridgehead atoms. The molecule has 8 heteroatoms. The van der Waals surface area contributed by atoms with Gasteiger partial charge in [0.2, 0.25) is 0 Å². The van der Waals surface area contributed by atoms with E-state index in [9.17, 15) is 20.2 Å². The summed E-state index contributed by atoms with van der Waals surface area (Å²) in [5.41, 5.74) is -0.834. The van der Waals surface area contributed by atoms with Gasteiger partial charge in [-0.25, -0.2) is 0 Å². The highest BCUT2D eigenvalue weighted by Crippen LogP contribution is 2.30. The maximum atomic E-state index is 10.8. The Kier molecular flexibility index (Phi) is 2.82. The van der Waals surface area contributed by atoms with Crippen LogP contribution in [0.1, 0.15) is 6.92 Å². The van der Waals surface area contributed by atoms with Gasteiger partial charge in [-0.05, 0) is 6.92 Å². The zero-order valence-corrected chi connectivity index (χ0v) is 7.78.